The first kappa shape index (κ1) is 15.4. The summed E-state index contributed by atoms with van der Waals surface area (Å²) >= 11 is 0. The van der Waals surface area contributed by atoms with Crippen LogP contribution < -0.4 is 10.6 Å². The molecule has 18 heavy (non-hydrogen) atoms. The molecular weight excluding hydrogens is 228 g/mol. The number of hydrogen-bond donors (Lipinski definition) is 2. The minimum absolute atomic E-state index is 0.201. The van der Waals surface area contributed by atoms with E-state index in [0.717, 1.165) is 45.5 Å². The Labute approximate surface area is 111 Å². The van der Waals surface area contributed by atoms with Gasteiger partial charge in [-0.3, -0.25) is 4.79 Å². The highest BCUT2D eigenvalue weighted by molar-refractivity contribution is 5.75. The van der Waals surface area contributed by atoms with Gasteiger partial charge in [0.1, 0.15) is 0 Å². The van der Waals surface area contributed by atoms with Crippen LogP contribution in [0.5, 0.6) is 0 Å². The van der Waals surface area contributed by atoms with Crippen molar-refractivity contribution in [3.05, 3.63) is 0 Å². The Hall–Kier alpha value is -0.610. The SMILES string of the molecule is CC(C)OCCCCNC(=O)CCC1CCNC1. The van der Waals surface area contributed by atoms with Gasteiger partial charge in [-0.25, -0.2) is 0 Å². The number of carbonyl (C=O) groups is 1. The monoisotopic (exact) mass is 256 g/mol. The molecule has 1 fully saturated rings. The third-order valence-electron chi connectivity index (χ3n) is 3.29. The number of rotatable bonds is 9. The number of hydrogen-bond acceptors (Lipinski definition) is 3. The molecule has 1 rings (SSSR count). The van der Waals surface area contributed by atoms with E-state index in [4.69, 9.17) is 4.74 Å². The Morgan fingerprint density at radius 1 is 1.44 bits per heavy atom. The Bertz CT molecular complexity index is 226. The second-order valence-corrected chi connectivity index (χ2v) is 5.37. The van der Waals surface area contributed by atoms with Gasteiger partial charge >= 0.3 is 0 Å². The maximum atomic E-state index is 11.6. The molecule has 1 saturated heterocycles. The van der Waals surface area contributed by atoms with Gasteiger partial charge in [0.15, 0.2) is 0 Å². The maximum Gasteiger partial charge on any atom is 0.220 e. The van der Waals surface area contributed by atoms with Crippen LogP contribution in [0.25, 0.3) is 0 Å². The lowest BCUT2D eigenvalue weighted by atomic mass is 10.0. The molecule has 1 aliphatic rings. The smallest absolute Gasteiger partial charge is 0.220 e. The molecule has 106 valence electrons. The molecular formula is C14H28N2O2. The fourth-order valence-electron chi connectivity index (χ4n) is 2.16. The summed E-state index contributed by atoms with van der Waals surface area (Å²) in [4.78, 5) is 11.6. The van der Waals surface area contributed by atoms with Gasteiger partial charge in [0, 0.05) is 19.6 Å². The number of unbranched alkanes of at least 4 members (excludes halogenated alkanes) is 1. The maximum absolute atomic E-state index is 11.6. The van der Waals surface area contributed by atoms with Crippen LogP contribution in [0.15, 0.2) is 0 Å². The van der Waals surface area contributed by atoms with E-state index < -0.39 is 0 Å². The average Bonchev–Trinajstić information content (AvgIpc) is 2.83. The fraction of sp³-hybridized carbons (Fsp3) is 0.929. The fourth-order valence-corrected chi connectivity index (χ4v) is 2.16. The van der Waals surface area contributed by atoms with Crippen LogP contribution in [0.2, 0.25) is 0 Å². The predicted molar refractivity (Wildman–Crippen MR) is 73.5 cm³/mol. The third-order valence-corrected chi connectivity index (χ3v) is 3.29. The van der Waals surface area contributed by atoms with E-state index in [1.807, 2.05) is 13.8 Å². The van der Waals surface area contributed by atoms with Gasteiger partial charge in [-0.1, -0.05) is 0 Å². The van der Waals surface area contributed by atoms with Gasteiger partial charge in [0.2, 0.25) is 5.91 Å². The number of nitrogens with one attached hydrogen (secondary N) is 2. The molecule has 1 aliphatic heterocycles. The third kappa shape index (κ3) is 7.67. The topological polar surface area (TPSA) is 50.4 Å². The summed E-state index contributed by atoms with van der Waals surface area (Å²) in [5.74, 6) is 0.905. The lowest BCUT2D eigenvalue weighted by Crippen LogP contribution is -2.25. The summed E-state index contributed by atoms with van der Waals surface area (Å²) < 4.78 is 5.44. The second-order valence-electron chi connectivity index (χ2n) is 5.37. The molecule has 0 bridgehead atoms. The summed E-state index contributed by atoms with van der Waals surface area (Å²) in [7, 11) is 0. The zero-order valence-corrected chi connectivity index (χ0v) is 11.8. The molecule has 0 spiro atoms. The summed E-state index contributed by atoms with van der Waals surface area (Å²) in [6.07, 6.45) is 5.25. The Balaban J connectivity index is 1.87. The first-order chi connectivity index (χ1) is 8.68. The largest absolute Gasteiger partial charge is 0.379 e. The summed E-state index contributed by atoms with van der Waals surface area (Å²) in [5, 5.41) is 6.31. The molecule has 4 heteroatoms. The van der Waals surface area contributed by atoms with Crippen LogP contribution in [-0.4, -0.2) is 38.3 Å². The van der Waals surface area contributed by atoms with E-state index >= 15 is 0 Å². The van der Waals surface area contributed by atoms with Gasteiger partial charge in [0.05, 0.1) is 6.10 Å². The standard InChI is InChI=1S/C14H28N2O2/c1-12(2)18-10-4-3-8-16-14(17)6-5-13-7-9-15-11-13/h12-13,15H,3-11H2,1-2H3,(H,16,17). The number of carbonyl (C=O) groups excluding carboxylic acids is 1. The van der Waals surface area contributed by atoms with E-state index in [2.05, 4.69) is 10.6 Å². The van der Waals surface area contributed by atoms with Gasteiger partial charge in [-0.05, 0) is 58.5 Å². The summed E-state index contributed by atoms with van der Waals surface area (Å²) in [5.41, 5.74) is 0. The molecule has 4 nitrogen and oxygen atoms in total. The highest BCUT2D eigenvalue weighted by Gasteiger charge is 2.15. The van der Waals surface area contributed by atoms with Gasteiger partial charge < -0.3 is 15.4 Å². The molecule has 1 heterocycles. The van der Waals surface area contributed by atoms with E-state index in [1.165, 1.54) is 6.42 Å². The van der Waals surface area contributed by atoms with Crippen molar-refractivity contribution in [3.63, 3.8) is 0 Å². The first-order valence-corrected chi connectivity index (χ1v) is 7.27. The molecule has 0 aromatic carbocycles. The molecule has 0 aromatic heterocycles. The Kier molecular flexibility index (Phi) is 8.01. The van der Waals surface area contributed by atoms with Crippen LogP contribution in [0, 0.1) is 5.92 Å². The van der Waals surface area contributed by atoms with E-state index in [0.29, 0.717) is 18.4 Å². The van der Waals surface area contributed by atoms with Crippen LogP contribution in [0.1, 0.15) is 46.0 Å². The van der Waals surface area contributed by atoms with Gasteiger partial charge in [-0.2, -0.15) is 0 Å². The van der Waals surface area contributed by atoms with E-state index in [-0.39, 0.29) is 5.91 Å². The Morgan fingerprint density at radius 2 is 2.28 bits per heavy atom. The minimum Gasteiger partial charge on any atom is -0.379 e. The van der Waals surface area contributed by atoms with Crippen molar-refractivity contribution in [1.82, 2.24) is 10.6 Å². The second kappa shape index (κ2) is 9.34. The van der Waals surface area contributed by atoms with Crippen LogP contribution >= 0.6 is 0 Å². The van der Waals surface area contributed by atoms with Crippen molar-refractivity contribution in [2.45, 2.75) is 52.1 Å². The highest BCUT2D eigenvalue weighted by atomic mass is 16.5. The zero-order chi connectivity index (χ0) is 13.2. The quantitative estimate of drug-likeness (QED) is 0.617. The molecule has 0 radical (unpaired) electrons. The minimum atomic E-state index is 0.201. The van der Waals surface area contributed by atoms with Crippen molar-refractivity contribution in [2.75, 3.05) is 26.2 Å². The zero-order valence-electron chi connectivity index (χ0n) is 11.8. The average molecular weight is 256 g/mol. The van der Waals surface area contributed by atoms with Crippen molar-refractivity contribution < 1.29 is 9.53 Å². The number of ether oxygens (including phenoxy) is 1. The van der Waals surface area contributed by atoms with Crippen molar-refractivity contribution in [2.24, 2.45) is 5.92 Å². The molecule has 0 aromatic rings. The van der Waals surface area contributed by atoms with Crippen LogP contribution in [0.4, 0.5) is 0 Å². The van der Waals surface area contributed by atoms with Crippen LogP contribution in [0.3, 0.4) is 0 Å². The van der Waals surface area contributed by atoms with E-state index in [1.54, 1.807) is 0 Å². The normalized spacial score (nSPS) is 19.4. The van der Waals surface area contributed by atoms with Gasteiger partial charge in [-0.15, -0.1) is 0 Å². The van der Waals surface area contributed by atoms with Crippen molar-refractivity contribution >= 4 is 5.91 Å². The van der Waals surface area contributed by atoms with Gasteiger partial charge in [0.25, 0.3) is 0 Å². The molecule has 1 unspecified atom stereocenters. The summed E-state index contributed by atoms with van der Waals surface area (Å²) in [6.45, 7) is 7.85. The molecule has 0 aliphatic carbocycles. The van der Waals surface area contributed by atoms with Crippen molar-refractivity contribution in [1.29, 1.82) is 0 Å². The molecule has 0 saturated carbocycles. The molecule has 1 amide bonds. The Morgan fingerprint density at radius 3 is 2.94 bits per heavy atom. The lowest BCUT2D eigenvalue weighted by Gasteiger charge is -2.09. The van der Waals surface area contributed by atoms with Crippen LogP contribution in [-0.2, 0) is 9.53 Å². The first-order valence-electron chi connectivity index (χ1n) is 7.27. The van der Waals surface area contributed by atoms with E-state index in [9.17, 15) is 4.79 Å². The summed E-state index contributed by atoms with van der Waals surface area (Å²) in [6, 6.07) is 0. The number of amides is 1. The lowest BCUT2D eigenvalue weighted by molar-refractivity contribution is -0.121. The molecule has 1 atom stereocenters. The predicted octanol–water partition coefficient (Wildman–Crippen LogP) is 1.70. The highest BCUT2D eigenvalue weighted by Crippen LogP contribution is 2.13. The van der Waals surface area contributed by atoms with Crippen molar-refractivity contribution in [3.8, 4) is 0 Å². The molecule has 2 N–H and O–H groups in total.